The standard InChI is InChI=1S/C24H33N5O5S/c1-13(2)20(23(32)29-9-5-8-19(29)24(33)34)28-22(31)18(12-35)27-21(30)16(25)10-14-11-26-17-7-4-3-6-15(14)17/h3-4,6-7,11,13,16,18-20,26,35H,5,8-10,12,25H2,1-2H3,(H,27,30)(H,28,31)(H,33,34). The molecule has 1 fully saturated rings. The van der Waals surface area contributed by atoms with Crippen LogP contribution in [0.1, 0.15) is 32.3 Å². The van der Waals surface area contributed by atoms with Gasteiger partial charge in [0.05, 0.1) is 6.04 Å². The molecule has 0 radical (unpaired) electrons. The number of carbonyl (C=O) groups excluding carboxylic acids is 3. The molecule has 4 atom stereocenters. The number of hydrogen-bond acceptors (Lipinski definition) is 6. The maximum absolute atomic E-state index is 13.1. The molecule has 190 valence electrons. The molecule has 0 spiro atoms. The Hall–Kier alpha value is -3.05. The highest BCUT2D eigenvalue weighted by molar-refractivity contribution is 7.80. The van der Waals surface area contributed by atoms with Crippen LogP contribution in [0, 0.1) is 5.92 Å². The Bertz CT molecular complexity index is 1090. The summed E-state index contributed by atoms with van der Waals surface area (Å²) in [6, 6.07) is 3.94. The molecular weight excluding hydrogens is 470 g/mol. The Labute approximate surface area is 209 Å². The average molecular weight is 504 g/mol. The Morgan fingerprint density at radius 2 is 1.91 bits per heavy atom. The van der Waals surface area contributed by atoms with Crippen molar-refractivity contribution in [3.05, 3.63) is 36.0 Å². The summed E-state index contributed by atoms with van der Waals surface area (Å²) in [5, 5.41) is 15.7. The quantitative estimate of drug-likeness (QED) is 0.262. The predicted molar refractivity (Wildman–Crippen MR) is 135 cm³/mol. The monoisotopic (exact) mass is 503 g/mol. The molecule has 35 heavy (non-hydrogen) atoms. The van der Waals surface area contributed by atoms with Crippen molar-refractivity contribution < 1.29 is 24.3 Å². The van der Waals surface area contributed by atoms with E-state index in [1.54, 1.807) is 13.8 Å². The van der Waals surface area contributed by atoms with Gasteiger partial charge in [0.15, 0.2) is 0 Å². The van der Waals surface area contributed by atoms with E-state index < -0.39 is 47.9 Å². The summed E-state index contributed by atoms with van der Waals surface area (Å²) in [6.07, 6.45) is 3.05. The first-order chi connectivity index (χ1) is 16.6. The van der Waals surface area contributed by atoms with Crippen molar-refractivity contribution >= 4 is 47.2 Å². The van der Waals surface area contributed by atoms with Crippen LogP contribution in [0.4, 0.5) is 0 Å². The van der Waals surface area contributed by atoms with Crippen molar-refractivity contribution in [1.29, 1.82) is 0 Å². The SMILES string of the molecule is CC(C)C(NC(=O)C(CS)NC(=O)C(N)Cc1c[nH]c2ccccc12)C(=O)N1CCCC1C(=O)O. The number of thiol groups is 1. The number of aromatic nitrogens is 1. The fraction of sp³-hybridized carbons (Fsp3) is 0.500. The first kappa shape index (κ1) is 26.6. The van der Waals surface area contributed by atoms with E-state index in [4.69, 9.17) is 5.73 Å². The lowest BCUT2D eigenvalue weighted by molar-refractivity contribution is -0.150. The van der Waals surface area contributed by atoms with Gasteiger partial charge in [-0.25, -0.2) is 4.79 Å². The number of carboxylic acids is 1. The zero-order valence-corrected chi connectivity index (χ0v) is 20.8. The van der Waals surface area contributed by atoms with E-state index in [-0.39, 0.29) is 18.1 Å². The molecule has 6 N–H and O–H groups in total. The highest BCUT2D eigenvalue weighted by atomic mass is 32.1. The molecule has 11 heteroatoms. The number of para-hydroxylation sites is 1. The van der Waals surface area contributed by atoms with Crippen molar-refractivity contribution in [2.24, 2.45) is 11.7 Å². The number of likely N-dealkylation sites (tertiary alicyclic amines) is 1. The van der Waals surface area contributed by atoms with Crippen LogP contribution in [-0.4, -0.2) is 75.1 Å². The van der Waals surface area contributed by atoms with E-state index in [2.05, 4.69) is 28.2 Å². The summed E-state index contributed by atoms with van der Waals surface area (Å²) in [5.41, 5.74) is 7.96. The molecule has 1 aliphatic rings. The van der Waals surface area contributed by atoms with E-state index in [9.17, 15) is 24.3 Å². The highest BCUT2D eigenvalue weighted by Crippen LogP contribution is 2.21. The van der Waals surface area contributed by atoms with Crippen molar-refractivity contribution in [1.82, 2.24) is 20.5 Å². The molecule has 0 saturated carbocycles. The number of nitrogens with zero attached hydrogens (tertiary/aromatic N) is 1. The summed E-state index contributed by atoms with van der Waals surface area (Å²) in [5.74, 6) is -2.89. The van der Waals surface area contributed by atoms with Gasteiger partial charge in [0.1, 0.15) is 18.1 Å². The van der Waals surface area contributed by atoms with Crippen LogP contribution in [0.15, 0.2) is 30.5 Å². The van der Waals surface area contributed by atoms with Gasteiger partial charge in [-0.15, -0.1) is 0 Å². The fourth-order valence-corrected chi connectivity index (χ4v) is 4.59. The number of carboxylic acid groups (broad SMARTS) is 1. The second-order valence-corrected chi connectivity index (χ2v) is 9.54. The summed E-state index contributed by atoms with van der Waals surface area (Å²) < 4.78 is 0. The Balaban J connectivity index is 1.63. The van der Waals surface area contributed by atoms with Gasteiger partial charge in [0.25, 0.3) is 0 Å². The van der Waals surface area contributed by atoms with Crippen molar-refractivity contribution in [2.45, 2.75) is 57.3 Å². The number of benzene rings is 1. The first-order valence-corrected chi connectivity index (χ1v) is 12.3. The number of aromatic amines is 1. The summed E-state index contributed by atoms with van der Waals surface area (Å²) in [6.45, 7) is 3.85. The van der Waals surface area contributed by atoms with Gasteiger partial charge >= 0.3 is 5.97 Å². The number of nitrogens with two attached hydrogens (primary N) is 1. The topological polar surface area (TPSA) is 158 Å². The van der Waals surface area contributed by atoms with Gasteiger partial charge in [-0.05, 0) is 36.8 Å². The van der Waals surface area contributed by atoms with Gasteiger partial charge in [-0.1, -0.05) is 32.0 Å². The third kappa shape index (κ3) is 6.15. The molecule has 2 heterocycles. The molecule has 4 unspecified atom stereocenters. The zero-order valence-electron chi connectivity index (χ0n) is 19.9. The molecule has 3 rings (SSSR count). The van der Waals surface area contributed by atoms with Crippen LogP contribution in [0.3, 0.4) is 0 Å². The number of hydrogen-bond donors (Lipinski definition) is 6. The Kier molecular flexibility index (Phi) is 8.79. The van der Waals surface area contributed by atoms with Crippen molar-refractivity contribution in [2.75, 3.05) is 12.3 Å². The minimum atomic E-state index is -1.06. The van der Waals surface area contributed by atoms with E-state index in [1.807, 2.05) is 30.5 Å². The van der Waals surface area contributed by atoms with Crippen molar-refractivity contribution in [3.8, 4) is 0 Å². The third-order valence-corrected chi connectivity index (χ3v) is 6.68. The van der Waals surface area contributed by atoms with Crippen LogP contribution in [0.2, 0.25) is 0 Å². The lowest BCUT2D eigenvalue weighted by atomic mass is 10.0. The van der Waals surface area contributed by atoms with E-state index in [0.717, 1.165) is 16.5 Å². The zero-order chi connectivity index (χ0) is 25.7. The molecule has 1 aliphatic heterocycles. The number of H-pyrrole nitrogens is 1. The minimum absolute atomic E-state index is 0.00213. The van der Waals surface area contributed by atoms with Crippen LogP contribution in [0.5, 0.6) is 0 Å². The molecule has 0 bridgehead atoms. The van der Waals surface area contributed by atoms with E-state index in [1.165, 1.54) is 4.90 Å². The summed E-state index contributed by atoms with van der Waals surface area (Å²) in [4.78, 5) is 54.8. The van der Waals surface area contributed by atoms with E-state index >= 15 is 0 Å². The molecule has 0 aliphatic carbocycles. The lowest BCUT2D eigenvalue weighted by Crippen LogP contribution is -2.59. The van der Waals surface area contributed by atoms with Crippen LogP contribution in [-0.2, 0) is 25.6 Å². The number of fused-ring (bicyclic) bond motifs is 1. The van der Waals surface area contributed by atoms with Crippen LogP contribution in [0.25, 0.3) is 10.9 Å². The van der Waals surface area contributed by atoms with Crippen LogP contribution < -0.4 is 16.4 Å². The number of aliphatic carboxylic acids is 1. The molecular formula is C24H33N5O5S. The van der Waals surface area contributed by atoms with Crippen molar-refractivity contribution in [3.63, 3.8) is 0 Å². The van der Waals surface area contributed by atoms with Gasteiger partial charge in [0.2, 0.25) is 17.7 Å². The molecule has 2 aromatic rings. The fourth-order valence-electron chi connectivity index (χ4n) is 4.34. The minimum Gasteiger partial charge on any atom is -0.480 e. The number of nitrogens with one attached hydrogen (secondary N) is 3. The number of amides is 3. The normalized spacial score (nSPS) is 18.3. The van der Waals surface area contributed by atoms with Gasteiger partial charge < -0.3 is 31.4 Å². The van der Waals surface area contributed by atoms with E-state index in [0.29, 0.717) is 19.4 Å². The van der Waals surface area contributed by atoms with Gasteiger partial charge in [-0.3, -0.25) is 14.4 Å². The Morgan fingerprint density at radius 1 is 1.20 bits per heavy atom. The molecule has 10 nitrogen and oxygen atoms in total. The number of carbonyl (C=O) groups is 4. The highest BCUT2D eigenvalue weighted by Gasteiger charge is 2.39. The van der Waals surface area contributed by atoms with Gasteiger partial charge in [0, 0.05) is 29.4 Å². The summed E-state index contributed by atoms with van der Waals surface area (Å²) in [7, 11) is 0. The van der Waals surface area contributed by atoms with Crippen LogP contribution >= 0.6 is 12.6 Å². The largest absolute Gasteiger partial charge is 0.480 e. The number of rotatable bonds is 10. The third-order valence-electron chi connectivity index (χ3n) is 6.32. The molecule has 1 aromatic carbocycles. The average Bonchev–Trinajstić information content (AvgIpc) is 3.48. The smallest absolute Gasteiger partial charge is 0.326 e. The molecule has 1 aromatic heterocycles. The second-order valence-electron chi connectivity index (χ2n) is 9.17. The molecule has 1 saturated heterocycles. The summed E-state index contributed by atoms with van der Waals surface area (Å²) >= 11 is 4.20. The first-order valence-electron chi connectivity index (χ1n) is 11.7. The maximum Gasteiger partial charge on any atom is 0.326 e. The second kappa shape index (κ2) is 11.6. The Morgan fingerprint density at radius 3 is 2.57 bits per heavy atom. The molecule has 3 amide bonds. The lowest BCUT2D eigenvalue weighted by Gasteiger charge is -2.30. The van der Waals surface area contributed by atoms with Gasteiger partial charge in [-0.2, -0.15) is 12.6 Å². The maximum atomic E-state index is 13.1. The predicted octanol–water partition coefficient (Wildman–Crippen LogP) is 0.669.